The SMILES string of the molecule is Cc1ccc(C(C)n2ccc3c2CC(C)(C)CC3O)s1. The monoisotopic (exact) mass is 289 g/mol. The van der Waals surface area contributed by atoms with Crippen LogP contribution in [0.1, 0.15) is 60.3 Å². The minimum Gasteiger partial charge on any atom is -0.388 e. The summed E-state index contributed by atoms with van der Waals surface area (Å²) in [4.78, 5) is 2.74. The van der Waals surface area contributed by atoms with Crippen molar-refractivity contribution in [3.8, 4) is 0 Å². The molecule has 1 N–H and O–H groups in total. The van der Waals surface area contributed by atoms with E-state index in [2.05, 4.69) is 56.7 Å². The molecule has 108 valence electrons. The van der Waals surface area contributed by atoms with Crippen molar-refractivity contribution in [1.82, 2.24) is 4.57 Å². The normalized spacial score (nSPS) is 22.6. The van der Waals surface area contributed by atoms with Crippen LogP contribution in [0.2, 0.25) is 0 Å². The predicted molar refractivity (Wildman–Crippen MR) is 84.4 cm³/mol. The van der Waals surface area contributed by atoms with E-state index in [9.17, 15) is 5.11 Å². The average Bonchev–Trinajstić information content (AvgIpc) is 2.93. The second kappa shape index (κ2) is 4.74. The number of rotatable bonds is 2. The molecule has 0 aliphatic heterocycles. The molecule has 0 saturated carbocycles. The van der Waals surface area contributed by atoms with Crippen LogP contribution in [-0.2, 0) is 6.42 Å². The minimum absolute atomic E-state index is 0.174. The summed E-state index contributed by atoms with van der Waals surface area (Å²) >= 11 is 1.86. The first-order valence-electron chi connectivity index (χ1n) is 7.31. The van der Waals surface area contributed by atoms with Crippen molar-refractivity contribution in [2.45, 2.75) is 52.7 Å². The molecule has 0 radical (unpaired) electrons. The van der Waals surface area contributed by atoms with Crippen LogP contribution in [0.4, 0.5) is 0 Å². The van der Waals surface area contributed by atoms with Gasteiger partial charge in [-0.25, -0.2) is 0 Å². The molecule has 2 aromatic rings. The number of hydrogen-bond acceptors (Lipinski definition) is 2. The molecule has 3 heteroatoms. The predicted octanol–water partition coefficient (Wildman–Crippen LogP) is 4.47. The number of aryl methyl sites for hydroxylation is 1. The van der Waals surface area contributed by atoms with Crippen LogP contribution >= 0.6 is 11.3 Å². The van der Waals surface area contributed by atoms with E-state index in [-0.39, 0.29) is 11.5 Å². The third-order valence-corrected chi connectivity index (χ3v) is 5.57. The summed E-state index contributed by atoms with van der Waals surface area (Å²) in [6.07, 6.45) is 3.74. The Labute approximate surface area is 125 Å². The highest BCUT2D eigenvalue weighted by Gasteiger charge is 2.34. The fourth-order valence-corrected chi connectivity index (χ4v) is 4.26. The fraction of sp³-hybridized carbons (Fsp3) is 0.529. The van der Waals surface area contributed by atoms with E-state index in [0.29, 0.717) is 6.04 Å². The largest absolute Gasteiger partial charge is 0.388 e. The van der Waals surface area contributed by atoms with Gasteiger partial charge in [-0.15, -0.1) is 11.3 Å². The molecule has 1 aliphatic rings. The summed E-state index contributed by atoms with van der Waals surface area (Å²) in [5, 5.41) is 10.4. The number of aliphatic hydroxyl groups excluding tert-OH is 1. The quantitative estimate of drug-likeness (QED) is 0.866. The van der Waals surface area contributed by atoms with Crippen molar-refractivity contribution in [3.05, 3.63) is 45.4 Å². The van der Waals surface area contributed by atoms with Gasteiger partial charge >= 0.3 is 0 Å². The topological polar surface area (TPSA) is 25.2 Å². The molecule has 2 nitrogen and oxygen atoms in total. The zero-order chi connectivity index (χ0) is 14.5. The van der Waals surface area contributed by atoms with Crippen LogP contribution in [0, 0.1) is 12.3 Å². The van der Waals surface area contributed by atoms with Crippen molar-refractivity contribution in [2.75, 3.05) is 0 Å². The molecule has 2 atom stereocenters. The number of fused-ring (bicyclic) bond motifs is 1. The Hall–Kier alpha value is -1.06. The standard InChI is InChI=1S/C17H23NOS/c1-11-5-6-16(20-11)12(2)18-8-7-13-14(18)9-17(3,4)10-15(13)19/h5-8,12,15,19H,9-10H2,1-4H3. The van der Waals surface area contributed by atoms with Crippen molar-refractivity contribution < 1.29 is 5.11 Å². The maximum atomic E-state index is 10.4. The summed E-state index contributed by atoms with van der Waals surface area (Å²) < 4.78 is 2.35. The van der Waals surface area contributed by atoms with Crippen molar-refractivity contribution >= 4 is 11.3 Å². The summed E-state index contributed by atoms with van der Waals surface area (Å²) in [6.45, 7) is 8.89. The summed E-state index contributed by atoms with van der Waals surface area (Å²) in [5.74, 6) is 0. The molecular formula is C17H23NOS. The molecule has 2 unspecified atom stereocenters. The maximum Gasteiger partial charge on any atom is 0.0812 e. The molecule has 2 aromatic heterocycles. The molecule has 0 bridgehead atoms. The Morgan fingerprint density at radius 1 is 1.35 bits per heavy atom. The lowest BCUT2D eigenvalue weighted by Crippen LogP contribution is -2.27. The molecule has 1 aliphatic carbocycles. The first-order chi connectivity index (χ1) is 9.37. The molecule has 0 fully saturated rings. The number of aliphatic hydroxyl groups is 1. The van der Waals surface area contributed by atoms with E-state index in [1.807, 2.05) is 11.3 Å². The van der Waals surface area contributed by atoms with E-state index in [1.54, 1.807) is 0 Å². The Kier molecular flexibility index (Phi) is 3.30. The number of nitrogens with zero attached hydrogens (tertiary/aromatic N) is 1. The second-order valence-electron chi connectivity index (χ2n) is 6.81. The van der Waals surface area contributed by atoms with Gasteiger partial charge < -0.3 is 9.67 Å². The molecule has 0 spiro atoms. The molecule has 0 amide bonds. The van der Waals surface area contributed by atoms with E-state index >= 15 is 0 Å². The molecule has 3 rings (SSSR count). The van der Waals surface area contributed by atoms with Crippen molar-refractivity contribution in [2.24, 2.45) is 5.41 Å². The highest BCUT2D eigenvalue weighted by Crippen LogP contribution is 2.42. The fourth-order valence-electron chi connectivity index (χ4n) is 3.33. The number of hydrogen-bond donors (Lipinski definition) is 1. The maximum absolute atomic E-state index is 10.4. The Balaban J connectivity index is 2.00. The second-order valence-corrected chi connectivity index (χ2v) is 8.13. The van der Waals surface area contributed by atoms with Gasteiger partial charge in [0, 0.05) is 27.2 Å². The molecule has 0 saturated heterocycles. The van der Waals surface area contributed by atoms with Crippen LogP contribution in [-0.4, -0.2) is 9.67 Å². The van der Waals surface area contributed by atoms with Gasteiger partial charge in [-0.2, -0.15) is 0 Å². The smallest absolute Gasteiger partial charge is 0.0812 e. The van der Waals surface area contributed by atoms with E-state index in [4.69, 9.17) is 0 Å². The molecular weight excluding hydrogens is 266 g/mol. The summed E-state index contributed by atoms with van der Waals surface area (Å²) in [5.41, 5.74) is 2.62. The molecule has 0 aromatic carbocycles. The van der Waals surface area contributed by atoms with Gasteiger partial charge in [0.25, 0.3) is 0 Å². The zero-order valence-electron chi connectivity index (χ0n) is 12.7. The van der Waals surface area contributed by atoms with Crippen LogP contribution in [0.3, 0.4) is 0 Å². The first-order valence-corrected chi connectivity index (χ1v) is 8.13. The highest BCUT2D eigenvalue weighted by molar-refractivity contribution is 7.12. The van der Waals surface area contributed by atoms with Crippen LogP contribution in [0.25, 0.3) is 0 Å². The summed E-state index contributed by atoms with van der Waals surface area (Å²) in [6, 6.07) is 6.86. The lowest BCUT2D eigenvalue weighted by atomic mass is 9.75. The highest BCUT2D eigenvalue weighted by atomic mass is 32.1. The summed E-state index contributed by atoms with van der Waals surface area (Å²) in [7, 11) is 0. The Bertz CT molecular complexity index is 623. The average molecular weight is 289 g/mol. The van der Waals surface area contributed by atoms with Gasteiger partial charge in [0.05, 0.1) is 12.1 Å². The molecule has 2 heterocycles. The zero-order valence-corrected chi connectivity index (χ0v) is 13.5. The van der Waals surface area contributed by atoms with Gasteiger partial charge in [-0.1, -0.05) is 13.8 Å². The van der Waals surface area contributed by atoms with E-state index in [0.717, 1.165) is 18.4 Å². The van der Waals surface area contributed by atoms with Gasteiger partial charge in [-0.05, 0) is 50.3 Å². The number of aromatic nitrogens is 1. The lowest BCUT2D eigenvalue weighted by Gasteiger charge is -2.34. The van der Waals surface area contributed by atoms with Crippen LogP contribution in [0.15, 0.2) is 24.4 Å². The number of thiophene rings is 1. The van der Waals surface area contributed by atoms with Gasteiger partial charge in [0.2, 0.25) is 0 Å². The third-order valence-electron chi connectivity index (χ3n) is 4.40. The molecule has 20 heavy (non-hydrogen) atoms. The van der Waals surface area contributed by atoms with Gasteiger partial charge in [0.15, 0.2) is 0 Å². The van der Waals surface area contributed by atoms with E-state index in [1.165, 1.54) is 15.4 Å². The van der Waals surface area contributed by atoms with Crippen LogP contribution < -0.4 is 0 Å². The van der Waals surface area contributed by atoms with Gasteiger partial charge in [0.1, 0.15) is 0 Å². The third kappa shape index (κ3) is 2.33. The van der Waals surface area contributed by atoms with Gasteiger partial charge in [-0.3, -0.25) is 0 Å². The Morgan fingerprint density at radius 2 is 2.10 bits per heavy atom. The Morgan fingerprint density at radius 3 is 2.75 bits per heavy atom. The van der Waals surface area contributed by atoms with Crippen LogP contribution in [0.5, 0.6) is 0 Å². The minimum atomic E-state index is -0.313. The van der Waals surface area contributed by atoms with Crippen molar-refractivity contribution in [3.63, 3.8) is 0 Å². The van der Waals surface area contributed by atoms with Crippen molar-refractivity contribution in [1.29, 1.82) is 0 Å². The van der Waals surface area contributed by atoms with E-state index < -0.39 is 0 Å². The first kappa shape index (κ1) is 13.9. The lowest BCUT2D eigenvalue weighted by molar-refractivity contribution is 0.0978.